The molecule has 0 unspecified atom stereocenters. The van der Waals surface area contributed by atoms with E-state index in [0.717, 1.165) is 49.2 Å². The molecule has 0 saturated carbocycles. The highest BCUT2D eigenvalue weighted by Gasteiger charge is 2.08. The third-order valence-corrected chi connectivity index (χ3v) is 3.53. The van der Waals surface area contributed by atoms with Gasteiger partial charge in [0, 0.05) is 17.9 Å². The first-order valence-corrected chi connectivity index (χ1v) is 7.42. The van der Waals surface area contributed by atoms with E-state index in [4.69, 9.17) is 21.9 Å². The quantitative estimate of drug-likeness (QED) is 0.758. The molecular formula is C15H20ClN3O. The number of hydrogen-bond donors (Lipinski definition) is 1. The predicted octanol–water partition coefficient (Wildman–Crippen LogP) is 3.38. The maximum atomic E-state index is 6.12. The third-order valence-electron chi connectivity index (χ3n) is 3.16. The van der Waals surface area contributed by atoms with Crippen molar-refractivity contribution < 1.29 is 4.52 Å². The fourth-order valence-corrected chi connectivity index (χ4v) is 2.25. The second kappa shape index (κ2) is 8.02. The van der Waals surface area contributed by atoms with Crippen LogP contribution in [-0.2, 0) is 12.8 Å². The Kier molecular flexibility index (Phi) is 6.02. The zero-order valence-electron chi connectivity index (χ0n) is 11.5. The Labute approximate surface area is 124 Å². The summed E-state index contributed by atoms with van der Waals surface area (Å²) >= 11 is 6.12. The first-order valence-electron chi connectivity index (χ1n) is 7.04. The van der Waals surface area contributed by atoms with Crippen molar-refractivity contribution in [1.29, 1.82) is 0 Å². The molecule has 2 aromatic rings. The van der Waals surface area contributed by atoms with Crippen LogP contribution in [0.5, 0.6) is 0 Å². The van der Waals surface area contributed by atoms with E-state index in [2.05, 4.69) is 10.1 Å². The summed E-state index contributed by atoms with van der Waals surface area (Å²) in [7, 11) is 0. The normalized spacial score (nSPS) is 10.9. The summed E-state index contributed by atoms with van der Waals surface area (Å²) in [5.41, 5.74) is 6.48. The second-order valence-electron chi connectivity index (χ2n) is 4.83. The Bertz CT molecular complexity index is 527. The van der Waals surface area contributed by atoms with Crippen LogP contribution < -0.4 is 5.73 Å². The highest BCUT2D eigenvalue weighted by atomic mass is 35.5. The van der Waals surface area contributed by atoms with Gasteiger partial charge in [0.2, 0.25) is 5.89 Å². The van der Waals surface area contributed by atoms with E-state index in [0.29, 0.717) is 18.1 Å². The lowest BCUT2D eigenvalue weighted by atomic mass is 10.1. The summed E-state index contributed by atoms with van der Waals surface area (Å²) < 4.78 is 5.25. The molecule has 0 radical (unpaired) electrons. The minimum atomic E-state index is 0.607. The molecule has 4 nitrogen and oxygen atoms in total. The van der Waals surface area contributed by atoms with Crippen LogP contribution in [0.25, 0.3) is 0 Å². The Morgan fingerprint density at radius 3 is 2.70 bits per heavy atom. The average molecular weight is 294 g/mol. The summed E-state index contributed by atoms with van der Waals surface area (Å²) in [6.07, 6.45) is 5.91. The van der Waals surface area contributed by atoms with Crippen LogP contribution in [0.3, 0.4) is 0 Å². The molecule has 5 heteroatoms. The van der Waals surface area contributed by atoms with Crippen molar-refractivity contribution in [3.63, 3.8) is 0 Å². The molecule has 0 saturated heterocycles. The largest absolute Gasteiger partial charge is 0.339 e. The molecule has 0 atom stereocenters. The highest BCUT2D eigenvalue weighted by Crippen LogP contribution is 2.18. The Morgan fingerprint density at radius 1 is 1.10 bits per heavy atom. The number of nitrogens with zero attached hydrogens (tertiary/aromatic N) is 2. The average Bonchev–Trinajstić information content (AvgIpc) is 2.89. The number of unbranched alkanes of at least 4 members (excludes halogenated alkanes) is 3. The molecule has 0 bridgehead atoms. The highest BCUT2D eigenvalue weighted by molar-refractivity contribution is 6.31. The SMILES string of the molecule is NCCCCCCc1nc(Cc2ccccc2Cl)no1. The Balaban J connectivity index is 1.82. The number of nitrogens with two attached hydrogens (primary N) is 1. The van der Waals surface area contributed by atoms with E-state index in [1.807, 2.05) is 24.3 Å². The van der Waals surface area contributed by atoms with Gasteiger partial charge in [0.25, 0.3) is 0 Å². The number of hydrogen-bond acceptors (Lipinski definition) is 4. The maximum Gasteiger partial charge on any atom is 0.226 e. The molecule has 0 amide bonds. The molecule has 0 aliphatic carbocycles. The minimum Gasteiger partial charge on any atom is -0.339 e. The van der Waals surface area contributed by atoms with Gasteiger partial charge in [0.05, 0.1) is 0 Å². The van der Waals surface area contributed by atoms with Gasteiger partial charge in [-0.1, -0.05) is 47.8 Å². The zero-order chi connectivity index (χ0) is 14.2. The molecule has 20 heavy (non-hydrogen) atoms. The Morgan fingerprint density at radius 2 is 1.90 bits per heavy atom. The van der Waals surface area contributed by atoms with Crippen molar-refractivity contribution in [3.8, 4) is 0 Å². The molecule has 2 rings (SSSR count). The zero-order valence-corrected chi connectivity index (χ0v) is 12.3. The summed E-state index contributed by atoms with van der Waals surface area (Å²) in [6, 6.07) is 7.72. The van der Waals surface area contributed by atoms with Crippen LogP contribution in [0.1, 0.15) is 43.0 Å². The smallest absolute Gasteiger partial charge is 0.226 e. The molecule has 0 spiro atoms. The van der Waals surface area contributed by atoms with E-state index < -0.39 is 0 Å². The first-order chi connectivity index (χ1) is 9.79. The fourth-order valence-electron chi connectivity index (χ4n) is 2.05. The van der Waals surface area contributed by atoms with E-state index in [-0.39, 0.29) is 0 Å². The van der Waals surface area contributed by atoms with Crippen LogP contribution in [0.2, 0.25) is 5.02 Å². The van der Waals surface area contributed by atoms with Crippen LogP contribution >= 0.6 is 11.6 Å². The van der Waals surface area contributed by atoms with Gasteiger partial charge in [-0.3, -0.25) is 0 Å². The monoisotopic (exact) mass is 293 g/mol. The molecule has 1 heterocycles. The molecule has 2 N–H and O–H groups in total. The number of aryl methyl sites for hydroxylation is 1. The molecule has 0 aliphatic heterocycles. The summed E-state index contributed by atoms with van der Waals surface area (Å²) in [6.45, 7) is 0.766. The van der Waals surface area contributed by atoms with Crippen LogP contribution in [0.4, 0.5) is 0 Å². The Hall–Kier alpha value is -1.39. The van der Waals surface area contributed by atoms with E-state index in [1.54, 1.807) is 0 Å². The van der Waals surface area contributed by atoms with Gasteiger partial charge >= 0.3 is 0 Å². The van der Waals surface area contributed by atoms with Gasteiger partial charge in [-0.15, -0.1) is 0 Å². The van der Waals surface area contributed by atoms with E-state index in [9.17, 15) is 0 Å². The standard InChI is InChI=1S/C15H20ClN3O/c16-13-8-5-4-7-12(13)11-14-18-15(20-19-14)9-3-1-2-6-10-17/h4-5,7-8H,1-3,6,9-11,17H2. The lowest BCUT2D eigenvalue weighted by Crippen LogP contribution is -1.98. The molecule has 0 fully saturated rings. The van der Waals surface area contributed by atoms with Crippen molar-refractivity contribution in [2.75, 3.05) is 6.54 Å². The summed E-state index contributed by atoms with van der Waals surface area (Å²) in [4.78, 5) is 4.40. The molecule has 1 aromatic carbocycles. The lowest BCUT2D eigenvalue weighted by Gasteiger charge is -1.99. The maximum absolute atomic E-state index is 6.12. The van der Waals surface area contributed by atoms with Crippen molar-refractivity contribution >= 4 is 11.6 Å². The fraction of sp³-hybridized carbons (Fsp3) is 0.467. The number of benzene rings is 1. The number of halogens is 1. The van der Waals surface area contributed by atoms with Crippen molar-refractivity contribution in [2.45, 2.75) is 38.5 Å². The summed E-state index contributed by atoms with van der Waals surface area (Å²) in [5.74, 6) is 1.40. The number of rotatable bonds is 8. The van der Waals surface area contributed by atoms with Gasteiger partial charge in [-0.25, -0.2) is 0 Å². The molecule has 0 aliphatic rings. The van der Waals surface area contributed by atoms with Crippen LogP contribution in [-0.4, -0.2) is 16.7 Å². The van der Waals surface area contributed by atoms with Crippen molar-refractivity contribution in [2.24, 2.45) is 5.73 Å². The van der Waals surface area contributed by atoms with Gasteiger partial charge in [-0.05, 0) is 31.0 Å². The van der Waals surface area contributed by atoms with Crippen molar-refractivity contribution in [1.82, 2.24) is 10.1 Å². The van der Waals surface area contributed by atoms with E-state index >= 15 is 0 Å². The van der Waals surface area contributed by atoms with Gasteiger partial charge in [0.1, 0.15) is 0 Å². The summed E-state index contributed by atoms with van der Waals surface area (Å²) in [5, 5.41) is 4.74. The topological polar surface area (TPSA) is 64.9 Å². The van der Waals surface area contributed by atoms with Gasteiger partial charge in [-0.2, -0.15) is 4.98 Å². The minimum absolute atomic E-state index is 0.607. The number of aromatic nitrogens is 2. The third kappa shape index (κ3) is 4.62. The van der Waals surface area contributed by atoms with Crippen LogP contribution in [0, 0.1) is 0 Å². The molecule has 108 valence electrons. The lowest BCUT2D eigenvalue weighted by molar-refractivity contribution is 0.369. The second-order valence-corrected chi connectivity index (χ2v) is 5.23. The predicted molar refractivity (Wildman–Crippen MR) is 79.8 cm³/mol. The molecule has 1 aromatic heterocycles. The van der Waals surface area contributed by atoms with E-state index in [1.165, 1.54) is 0 Å². The van der Waals surface area contributed by atoms with Gasteiger partial charge in [0.15, 0.2) is 5.82 Å². The molecular weight excluding hydrogens is 274 g/mol. The van der Waals surface area contributed by atoms with Crippen LogP contribution in [0.15, 0.2) is 28.8 Å². The van der Waals surface area contributed by atoms with Crippen molar-refractivity contribution in [3.05, 3.63) is 46.6 Å². The van der Waals surface area contributed by atoms with Gasteiger partial charge < -0.3 is 10.3 Å². The first kappa shape index (κ1) is 15.0.